The van der Waals surface area contributed by atoms with Crippen molar-refractivity contribution in [1.82, 2.24) is 9.88 Å². The lowest BCUT2D eigenvalue weighted by Crippen LogP contribution is -2.45. The molecule has 2 aromatic carbocycles. The Morgan fingerprint density at radius 2 is 1.92 bits per heavy atom. The molecule has 9 heteroatoms. The Bertz CT molecular complexity index is 1430. The molecule has 1 aromatic heterocycles. The van der Waals surface area contributed by atoms with Crippen molar-refractivity contribution in [2.45, 2.75) is 58.7 Å². The molecule has 0 saturated carbocycles. The largest absolute Gasteiger partial charge is 0.444 e. The second-order valence-corrected chi connectivity index (χ2v) is 11.6. The molecule has 0 aliphatic carbocycles. The van der Waals surface area contributed by atoms with Crippen LogP contribution in [-0.2, 0) is 20.8 Å². The van der Waals surface area contributed by atoms with Crippen molar-refractivity contribution in [2.75, 3.05) is 18.1 Å². The van der Waals surface area contributed by atoms with Gasteiger partial charge in [-0.15, -0.1) is 11.3 Å². The van der Waals surface area contributed by atoms with Gasteiger partial charge in [-0.2, -0.15) is 0 Å². The summed E-state index contributed by atoms with van der Waals surface area (Å²) in [5.41, 5.74) is 2.52. The fourth-order valence-electron chi connectivity index (χ4n) is 4.82. The third-order valence-electron chi connectivity index (χ3n) is 6.52. The number of benzene rings is 2. The number of fused-ring (bicyclic) bond motifs is 2. The number of thiazole rings is 1. The summed E-state index contributed by atoms with van der Waals surface area (Å²) < 4.78 is 12.2. The summed E-state index contributed by atoms with van der Waals surface area (Å²) in [6.45, 7) is 8.68. The standard InChI is InChI=1S/C29H31N3O5S/c1-18(33)32-23-8-6-5-7-21(23)27(34)24(32)16-26-30-22-15-19(9-10-25(22)38-26)17-31(20-11-13-36-14-12-20)28(35)37-29(2,3)4/h5-10,15-16,20H,11-14,17H2,1-4H3/b24-16+. The van der Waals surface area contributed by atoms with Crippen LogP contribution in [0.1, 0.15) is 61.5 Å². The smallest absolute Gasteiger partial charge is 0.410 e. The molecule has 8 nitrogen and oxygen atoms in total. The molecular weight excluding hydrogens is 502 g/mol. The molecule has 1 saturated heterocycles. The predicted molar refractivity (Wildman–Crippen MR) is 147 cm³/mol. The van der Waals surface area contributed by atoms with Gasteiger partial charge >= 0.3 is 6.09 Å². The molecule has 0 radical (unpaired) electrons. The number of carbonyl (C=O) groups excluding carboxylic acids is 3. The predicted octanol–water partition coefficient (Wildman–Crippen LogP) is 5.80. The van der Waals surface area contributed by atoms with Gasteiger partial charge < -0.3 is 14.4 Å². The van der Waals surface area contributed by atoms with E-state index in [0.717, 1.165) is 28.6 Å². The van der Waals surface area contributed by atoms with Gasteiger partial charge in [-0.05, 0) is 63.4 Å². The zero-order chi connectivity index (χ0) is 27.0. The monoisotopic (exact) mass is 533 g/mol. The number of ether oxygens (including phenoxy) is 2. The van der Waals surface area contributed by atoms with Crippen molar-refractivity contribution in [3.63, 3.8) is 0 Å². The van der Waals surface area contributed by atoms with E-state index in [4.69, 9.17) is 14.5 Å². The molecule has 0 spiro atoms. The summed E-state index contributed by atoms with van der Waals surface area (Å²) in [6, 6.07) is 13.1. The highest BCUT2D eigenvalue weighted by Crippen LogP contribution is 2.36. The number of hydrogen-bond donors (Lipinski definition) is 0. The second kappa shape index (κ2) is 10.3. The topological polar surface area (TPSA) is 89.0 Å². The lowest BCUT2D eigenvalue weighted by atomic mass is 10.1. The summed E-state index contributed by atoms with van der Waals surface area (Å²) >= 11 is 1.45. The van der Waals surface area contributed by atoms with Gasteiger partial charge in [0.2, 0.25) is 11.7 Å². The summed E-state index contributed by atoms with van der Waals surface area (Å²) in [6.07, 6.45) is 2.87. The fraction of sp³-hybridized carbons (Fsp3) is 0.379. The van der Waals surface area contributed by atoms with E-state index >= 15 is 0 Å². The lowest BCUT2D eigenvalue weighted by Gasteiger charge is -2.35. The van der Waals surface area contributed by atoms with Crippen LogP contribution in [0, 0.1) is 0 Å². The average Bonchev–Trinajstić information content (AvgIpc) is 3.40. The number of hydrogen-bond acceptors (Lipinski definition) is 7. The maximum absolute atomic E-state index is 13.1. The zero-order valence-electron chi connectivity index (χ0n) is 22.0. The van der Waals surface area contributed by atoms with E-state index in [1.54, 1.807) is 29.2 Å². The second-order valence-electron chi connectivity index (χ2n) is 10.5. The first-order valence-corrected chi connectivity index (χ1v) is 13.6. The van der Waals surface area contributed by atoms with Crippen LogP contribution in [0.3, 0.4) is 0 Å². The number of rotatable bonds is 4. The van der Waals surface area contributed by atoms with Gasteiger partial charge in [0, 0.05) is 44.4 Å². The summed E-state index contributed by atoms with van der Waals surface area (Å²) in [5.74, 6) is -0.423. The number of carbonyl (C=O) groups is 3. The lowest BCUT2D eigenvalue weighted by molar-refractivity contribution is -0.116. The van der Waals surface area contributed by atoms with Gasteiger partial charge in [-0.25, -0.2) is 9.78 Å². The van der Waals surface area contributed by atoms with Crippen molar-refractivity contribution in [3.05, 3.63) is 64.3 Å². The molecule has 5 rings (SSSR count). The van der Waals surface area contributed by atoms with Gasteiger partial charge in [0.25, 0.3) is 0 Å². The van der Waals surface area contributed by atoms with E-state index in [-0.39, 0.29) is 23.8 Å². The van der Waals surface area contributed by atoms with E-state index in [1.807, 2.05) is 45.0 Å². The van der Waals surface area contributed by atoms with E-state index < -0.39 is 5.60 Å². The van der Waals surface area contributed by atoms with Crippen molar-refractivity contribution < 1.29 is 23.9 Å². The Hall–Kier alpha value is -3.56. The number of ketones is 1. The molecule has 0 N–H and O–H groups in total. The molecule has 2 amide bonds. The molecule has 2 aliphatic heterocycles. The molecule has 0 unspecified atom stereocenters. The Morgan fingerprint density at radius 1 is 1.18 bits per heavy atom. The Morgan fingerprint density at radius 3 is 2.63 bits per heavy atom. The molecule has 198 valence electrons. The van der Waals surface area contributed by atoms with Crippen molar-refractivity contribution in [2.24, 2.45) is 0 Å². The first kappa shape index (κ1) is 26.1. The molecular formula is C29H31N3O5S. The van der Waals surface area contributed by atoms with Crippen LogP contribution >= 0.6 is 11.3 Å². The Kier molecular flexibility index (Phi) is 7.07. The minimum absolute atomic E-state index is 0.0394. The van der Waals surface area contributed by atoms with Gasteiger partial charge in [0.05, 0.1) is 21.6 Å². The first-order chi connectivity index (χ1) is 18.1. The van der Waals surface area contributed by atoms with Crippen LogP contribution in [0.25, 0.3) is 16.3 Å². The first-order valence-electron chi connectivity index (χ1n) is 12.7. The van der Waals surface area contributed by atoms with Crippen molar-refractivity contribution >= 4 is 51.1 Å². The average molecular weight is 534 g/mol. The number of amides is 2. The van der Waals surface area contributed by atoms with E-state index in [1.165, 1.54) is 23.2 Å². The van der Waals surface area contributed by atoms with E-state index in [0.29, 0.717) is 41.7 Å². The van der Waals surface area contributed by atoms with Crippen molar-refractivity contribution in [3.8, 4) is 0 Å². The van der Waals surface area contributed by atoms with Gasteiger partial charge in [-0.3, -0.25) is 14.5 Å². The van der Waals surface area contributed by atoms with Crippen LogP contribution in [-0.4, -0.2) is 52.5 Å². The normalized spacial score (nSPS) is 17.2. The zero-order valence-corrected chi connectivity index (χ0v) is 22.8. The molecule has 0 bridgehead atoms. The molecule has 3 aromatic rings. The van der Waals surface area contributed by atoms with Gasteiger partial charge in [0.15, 0.2) is 0 Å². The van der Waals surface area contributed by atoms with E-state index in [9.17, 15) is 14.4 Å². The Balaban J connectivity index is 1.43. The Labute approximate surface area is 225 Å². The maximum atomic E-state index is 13.1. The summed E-state index contributed by atoms with van der Waals surface area (Å²) in [7, 11) is 0. The third kappa shape index (κ3) is 5.35. The highest BCUT2D eigenvalue weighted by Gasteiger charge is 2.35. The maximum Gasteiger partial charge on any atom is 0.410 e. The van der Waals surface area contributed by atoms with Crippen molar-refractivity contribution in [1.29, 1.82) is 0 Å². The number of para-hydroxylation sites is 1. The third-order valence-corrected chi connectivity index (χ3v) is 7.50. The minimum atomic E-state index is -0.590. The van der Waals surface area contributed by atoms with Crippen LogP contribution in [0.4, 0.5) is 10.5 Å². The number of nitrogens with zero attached hydrogens (tertiary/aromatic N) is 3. The fourth-order valence-corrected chi connectivity index (χ4v) is 5.71. The minimum Gasteiger partial charge on any atom is -0.444 e. The molecule has 0 atom stereocenters. The number of anilines is 1. The summed E-state index contributed by atoms with van der Waals surface area (Å²) in [5, 5.41) is 0.632. The summed E-state index contributed by atoms with van der Waals surface area (Å²) in [4.78, 5) is 46.6. The number of allylic oxidation sites excluding steroid dienone is 1. The highest BCUT2D eigenvalue weighted by molar-refractivity contribution is 7.19. The molecule has 3 heterocycles. The van der Waals surface area contributed by atoms with Gasteiger partial charge in [0.1, 0.15) is 10.6 Å². The number of aromatic nitrogens is 1. The molecule has 38 heavy (non-hydrogen) atoms. The van der Waals surface area contributed by atoms with Crippen LogP contribution in [0.15, 0.2) is 48.2 Å². The SMILES string of the molecule is CC(=O)N1/C(=C/c2nc3cc(CN(C(=O)OC(C)(C)C)C4CCOCC4)ccc3s2)C(=O)c2ccccc21. The van der Waals surface area contributed by atoms with E-state index in [2.05, 4.69) is 0 Å². The van der Waals surface area contributed by atoms with Crippen LogP contribution < -0.4 is 4.90 Å². The van der Waals surface area contributed by atoms with Crippen LogP contribution in [0.2, 0.25) is 0 Å². The van der Waals surface area contributed by atoms with Crippen LogP contribution in [0.5, 0.6) is 0 Å². The highest BCUT2D eigenvalue weighted by atomic mass is 32.1. The molecule has 1 fully saturated rings. The molecule has 2 aliphatic rings. The number of Topliss-reactive ketones (excluding diaryl/α,β-unsaturated/α-hetero) is 1. The quantitative estimate of drug-likeness (QED) is 0.394. The van der Waals surface area contributed by atoms with Gasteiger partial charge in [-0.1, -0.05) is 18.2 Å².